The van der Waals surface area contributed by atoms with Gasteiger partial charge in [0.05, 0.1) is 62.2 Å². The molecule has 0 spiro atoms. The molecule has 6 rings (SSSR count). The van der Waals surface area contributed by atoms with E-state index in [9.17, 15) is 19.5 Å². The number of aliphatic hydroxyl groups is 1. The Kier molecular flexibility index (Phi) is 14.6. The van der Waals surface area contributed by atoms with E-state index in [1.807, 2.05) is 59.7 Å². The third-order valence-corrected chi connectivity index (χ3v) is 13.3. The minimum atomic E-state index is -1.15. The van der Waals surface area contributed by atoms with E-state index in [1.54, 1.807) is 36.1 Å². The molecule has 5 aliphatic rings. The largest absolute Gasteiger partial charge is 0.458 e. The topological polar surface area (TPSA) is 179 Å². The first-order valence-electron chi connectivity index (χ1n) is 21.6. The summed E-state index contributed by atoms with van der Waals surface area (Å²) in [4.78, 5) is 55.2. The van der Waals surface area contributed by atoms with Gasteiger partial charge in [-0.05, 0) is 79.1 Å². The molecule has 16 heteroatoms. The quantitative estimate of drug-likeness (QED) is 0.207. The van der Waals surface area contributed by atoms with Crippen molar-refractivity contribution in [2.75, 3.05) is 53.6 Å². The highest BCUT2D eigenvalue weighted by Crippen LogP contribution is 2.45. The van der Waals surface area contributed by atoms with Gasteiger partial charge in [-0.3, -0.25) is 19.5 Å². The normalized spacial score (nSPS) is 39.7. The number of nitrogens with one attached hydrogen (secondary N) is 1. The van der Waals surface area contributed by atoms with Crippen molar-refractivity contribution in [2.24, 2.45) is 33.8 Å². The van der Waals surface area contributed by atoms with E-state index in [1.165, 1.54) is 0 Å². The van der Waals surface area contributed by atoms with Crippen LogP contribution in [-0.2, 0) is 38.1 Å². The zero-order chi connectivity index (χ0) is 43.5. The summed E-state index contributed by atoms with van der Waals surface area (Å²) in [6, 6.07) is 8.24. The Balaban J connectivity index is 1.38. The summed E-state index contributed by atoms with van der Waals surface area (Å²) in [6.07, 6.45) is -3.62. The molecule has 16 nitrogen and oxygen atoms in total. The van der Waals surface area contributed by atoms with Crippen molar-refractivity contribution in [1.82, 2.24) is 15.1 Å². The number of rotatable bonds is 9. The maximum absolute atomic E-state index is 14.5. The lowest BCUT2D eigenvalue weighted by atomic mass is 9.72. The van der Waals surface area contributed by atoms with Gasteiger partial charge < -0.3 is 48.6 Å². The molecule has 5 heterocycles. The minimum Gasteiger partial charge on any atom is -0.458 e. The van der Waals surface area contributed by atoms with Crippen LogP contribution < -0.4 is 5.32 Å². The fourth-order valence-corrected chi connectivity index (χ4v) is 10.3. The van der Waals surface area contributed by atoms with Crippen LogP contribution in [0, 0.1) is 23.7 Å². The summed E-state index contributed by atoms with van der Waals surface area (Å²) >= 11 is 0. The zero-order valence-corrected chi connectivity index (χ0v) is 37.0. The molecular weight excluding hydrogens is 775 g/mol. The van der Waals surface area contributed by atoms with Crippen LogP contribution in [-0.4, -0.2) is 158 Å². The van der Waals surface area contributed by atoms with Gasteiger partial charge >= 0.3 is 12.1 Å². The number of cyclic esters (lactones) is 1. The molecule has 0 aliphatic carbocycles. The zero-order valence-electron chi connectivity index (χ0n) is 37.0. The maximum atomic E-state index is 14.5. The Morgan fingerprint density at radius 1 is 1.08 bits per heavy atom. The maximum Gasteiger partial charge on any atom is 0.410 e. The van der Waals surface area contributed by atoms with Crippen molar-refractivity contribution in [3.05, 3.63) is 35.9 Å². The smallest absolute Gasteiger partial charge is 0.410 e. The standard InChI is InChI=1S/C44H67N5O11/c1-11-33-44(8)37-27(4)34(45-17-19-49(37)42(53)60-44)25(2)22-43(7)38(59-41-35(50)32(48(9)10)21-26(3)57-41)28(5)36(29(6)40(52)58-33)54-23-31(24-55-43)47-56-20-18-46-39(51)30-15-13-12-14-16-30/h12-16,25-29,32-33,35-38,41,50H,11,17-24H2,1-10H3,(H,46,51)/b47-31+/t25-,26+,27+,28+,29-,32-,33-,35+,36+,37-,38-,41-,43-,44-/m1/s1. The molecule has 1 aromatic carbocycles. The van der Waals surface area contributed by atoms with Gasteiger partial charge in [0.2, 0.25) is 0 Å². The molecule has 0 radical (unpaired) electrons. The van der Waals surface area contributed by atoms with Crippen molar-refractivity contribution >= 4 is 29.4 Å². The number of carbonyl (C=O) groups is 3. The van der Waals surface area contributed by atoms with E-state index in [0.29, 0.717) is 43.6 Å². The number of nitrogens with zero attached hydrogens (tertiary/aromatic N) is 4. The highest BCUT2D eigenvalue weighted by molar-refractivity contribution is 5.94. The fraction of sp³-hybridized carbons (Fsp3) is 0.750. The van der Waals surface area contributed by atoms with Crippen LogP contribution in [0.1, 0.15) is 85.0 Å². The number of oxime groups is 1. The third-order valence-electron chi connectivity index (χ3n) is 13.3. The van der Waals surface area contributed by atoms with Crippen molar-refractivity contribution < 1.29 is 52.7 Å². The summed E-state index contributed by atoms with van der Waals surface area (Å²) in [5.74, 6) is -2.58. The molecule has 4 saturated heterocycles. The van der Waals surface area contributed by atoms with Gasteiger partial charge in [0.1, 0.15) is 24.5 Å². The number of amides is 2. The Morgan fingerprint density at radius 3 is 2.52 bits per heavy atom. The van der Waals surface area contributed by atoms with Crippen LogP contribution in [0.15, 0.2) is 40.5 Å². The molecule has 2 N–H and O–H groups in total. The minimum absolute atomic E-state index is 0.0146. The number of benzene rings is 1. The summed E-state index contributed by atoms with van der Waals surface area (Å²) in [5.41, 5.74) is -0.405. The van der Waals surface area contributed by atoms with E-state index >= 15 is 0 Å². The van der Waals surface area contributed by atoms with Gasteiger partial charge in [-0.1, -0.05) is 51.0 Å². The first kappa shape index (κ1) is 45.8. The SMILES string of the molecule is CC[C@H]1OC(=O)[C@H](C)[C@H]2OC/C(=N\OCCNC(=O)c3ccccc3)CO[C@](C)(C[C@@H](C)C3=NCCN4C(=O)O[C@@]1(C)[C@H]4[C@H]3C)[C@H](O[C@H]1O[C@@H](C)C[C@@H](N(C)C)[C@@H]1O)[C@H]2C. The predicted octanol–water partition coefficient (Wildman–Crippen LogP) is 4.08. The molecule has 4 fully saturated rings. The van der Waals surface area contributed by atoms with Crippen molar-refractivity contribution in [1.29, 1.82) is 0 Å². The molecule has 5 aliphatic heterocycles. The summed E-state index contributed by atoms with van der Waals surface area (Å²) in [6.45, 7) is 16.6. The molecule has 4 bridgehead atoms. The molecule has 0 unspecified atom stereocenters. The van der Waals surface area contributed by atoms with Gasteiger partial charge in [-0.15, -0.1) is 0 Å². The molecule has 60 heavy (non-hydrogen) atoms. The van der Waals surface area contributed by atoms with E-state index in [0.717, 1.165) is 5.71 Å². The highest BCUT2D eigenvalue weighted by Gasteiger charge is 2.60. The number of aliphatic imine (C=N–C) groups is 1. The molecule has 0 saturated carbocycles. The molecule has 334 valence electrons. The van der Waals surface area contributed by atoms with Crippen LogP contribution in [0.3, 0.4) is 0 Å². The average molecular weight is 842 g/mol. The number of hydrogen-bond acceptors (Lipinski definition) is 14. The number of carbonyl (C=O) groups excluding carboxylic acids is 3. The highest BCUT2D eigenvalue weighted by atomic mass is 16.7. The second-order valence-corrected chi connectivity index (χ2v) is 18.0. The monoisotopic (exact) mass is 841 g/mol. The van der Waals surface area contributed by atoms with Crippen LogP contribution in [0.5, 0.6) is 0 Å². The number of esters is 1. The van der Waals surface area contributed by atoms with E-state index in [2.05, 4.69) is 24.3 Å². The van der Waals surface area contributed by atoms with Gasteiger partial charge in [-0.2, -0.15) is 0 Å². The first-order chi connectivity index (χ1) is 28.5. The third kappa shape index (κ3) is 9.53. The van der Waals surface area contributed by atoms with Gasteiger partial charge in [0.25, 0.3) is 5.91 Å². The Hall–Kier alpha value is -3.67. The number of ether oxygens (including phenoxy) is 6. The molecule has 2 amide bonds. The number of hydrogen-bond donors (Lipinski definition) is 2. The average Bonchev–Trinajstić information content (AvgIpc) is 3.36. The lowest BCUT2D eigenvalue weighted by Crippen LogP contribution is -2.60. The lowest BCUT2D eigenvalue weighted by molar-refractivity contribution is -0.302. The van der Waals surface area contributed by atoms with Gasteiger partial charge in [0, 0.05) is 35.7 Å². The Bertz CT molecular complexity index is 1730. The second-order valence-electron chi connectivity index (χ2n) is 18.0. The first-order valence-corrected chi connectivity index (χ1v) is 21.6. The van der Waals surface area contributed by atoms with Crippen LogP contribution in [0.25, 0.3) is 0 Å². The van der Waals surface area contributed by atoms with Crippen LogP contribution >= 0.6 is 0 Å². The second kappa shape index (κ2) is 19.2. The Labute approximate surface area is 354 Å². The molecular formula is C44H67N5O11. The van der Waals surface area contributed by atoms with Crippen LogP contribution in [0.2, 0.25) is 0 Å². The molecule has 14 atom stereocenters. The fourth-order valence-electron chi connectivity index (χ4n) is 10.3. The summed E-state index contributed by atoms with van der Waals surface area (Å²) in [5, 5.41) is 19.0. The summed E-state index contributed by atoms with van der Waals surface area (Å²) in [7, 11) is 3.85. The number of likely N-dealkylation sites (N-methyl/N-ethyl adjacent to an activating group) is 1. The number of fused-ring (bicyclic) bond motifs is 4. The van der Waals surface area contributed by atoms with Gasteiger partial charge in [0.15, 0.2) is 11.9 Å². The lowest BCUT2D eigenvalue weighted by Gasteiger charge is -2.48. The van der Waals surface area contributed by atoms with E-state index in [-0.39, 0.29) is 56.3 Å². The molecule has 1 aromatic rings. The number of aliphatic hydroxyl groups excluding tert-OH is 1. The molecule has 0 aromatic heterocycles. The summed E-state index contributed by atoms with van der Waals surface area (Å²) < 4.78 is 39.7. The van der Waals surface area contributed by atoms with Gasteiger partial charge in [-0.25, -0.2) is 4.79 Å². The van der Waals surface area contributed by atoms with Crippen molar-refractivity contribution in [3.8, 4) is 0 Å². The van der Waals surface area contributed by atoms with Crippen molar-refractivity contribution in [3.63, 3.8) is 0 Å². The van der Waals surface area contributed by atoms with E-state index in [4.69, 9.17) is 38.3 Å². The van der Waals surface area contributed by atoms with Crippen LogP contribution in [0.4, 0.5) is 4.79 Å². The Morgan fingerprint density at radius 2 is 1.82 bits per heavy atom. The van der Waals surface area contributed by atoms with Crippen molar-refractivity contribution in [2.45, 2.75) is 135 Å². The predicted molar refractivity (Wildman–Crippen MR) is 223 cm³/mol. The van der Waals surface area contributed by atoms with E-state index < -0.39 is 71.8 Å².